The molecule has 0 heterocycles. The lowest BCUT2D eigenvalue weighted by molar-refractivity contribution is 0.0953. The van der Waals surface area contributed by atoms with E-state index in [9.17, 15) is 4.79 Å². The van der Waals surface area contributed by atoms with Gasteiger partial charge in [-0.25, -0.2) is 0 Å². The summed E-state index contributed by atoms with van der Waals surface area (Å²) in [6.45, 7) is 3.31. The van der Waals surface area contributed by atoms with Crippen LogP contribution < -0.4 is 10.1 Å². The Bertz CT molecular complexity index is 351. The van der Waals surface area contributed by atoms with Gasteiger partial charge in [0, 0.05) is 17.4 Å². The molecule has 0 radical (unpaired) electrons. The van der Waals surface area contributed by atoms with Crippen LogP contribution in [0.5, 0.6) is 5.75 Å². The van der Waals surface area contributed by atoms with Crippen LogP contribution in [0.1, 0.15) is 36.5 Å². The van der Waals surface area contributed by atoms with E-state index < -0.39 is 0 Å². The Morgan fingerprint density at radius 2 is 1.94 bits per heavy atom. The van der Waals surface area contributed by atoms with E-state index in [0.29, 0.717) is 12.2 Å². The van der Waals surface area contributed by atoms with Crippen LogP contribution in [0.25, 0.3) is 0 Å². The zero-order valence-electron chi connectivity index (χ0n) is 10.7. The van der Waals surface area contributed by atoms with Crippen LogP contribution in [0.2, 0.25) is 0 Å². The summed E-state index contributed by atoms with van der Waals surface area (Å²) >= 11 is 3.39. The topological polar surface area (TPSA) is 38.3 Å². The van der Waals surface area contributed by atoms with Gasteiger partial charge in [-0.15, -0.1) is 0 Å². The first-order chi connectivity index (χ1) is 8.77. The molecule has 4 heteroatoms. The molecule has 0 bridgehead atoms. The summed E-state index contributed by atoms with van der Waals surface area (Å²) in [5, 5.41) is 3.94. The number of carbonyl (C=O) groups excluding carboxylic acids is 1. The van der Waals surface area contributed by atoms with Gasteiger partial charge < -0.3 is 10.1 Å². The maximum absolute atomic E-state index is 11.8. The standard InChI is InChI=1S/C14H20BrNO2/c1-2-18-13-8-6-12(7-9-13)14(17)16-11-5-3-4-10-15/h6-9H,2-5,10-11H2,1H3,(H,16,17). The molecule has 0 unspecified atom stereocenters. The van der Waals surface area contributed by atoms with E-state index in [1.54, 1.807) is 12.1 Å². The molecule has 1 aromatic carbocycles. The van der Waals surface area contributed by atoms with Crippen molar-refractivity contribution in [2.75, 3.05) is 18.5 Å². The van der Waals surface area contributed by atoms with Crippen molar-refractivity contribution in [1.29, 1.82) is 0 Å². The minimum Gasteiger partial charge on any atom is -0.494 e. The predicted octanol–water partition coefficient (Wildman–Crippen LogP) is 3.38. The van der Waals surface area contributed by atoms with Crippen molar-refractivity contribution in [1.82, 2.24) is 5.32 Å². The predicted molar refractivity (Wildman–Crippen MR) is 77.6 cm³/mol. The third kappa shape index (κ3) is 5.54. The van der Waals surface area contributed by atoms with E-state index in [1.165, 1.54) is 0 Å². The molecule has 0 aliphatic heterocycles. The van der Waals surface area contributed by atoms with Gasteiger partial charge in [0.1, 0.15) is 5.75 Å². The molecule has 0 saturated carbocycles. The van der Waals surface area contributed by atoms with Crippen LogP contribution in [0.3, 0.4) is 0 Å². The molecule has 1 rings (SSSR count). The summed E-state index contributed by atoms with van der Waals surface area (Å²) in [6.07, 6.45) is 3.31. The number of hydrogen-bond donors (Lipinski definition) is 1. The second-order valence-corrected chi connectivity index (χ2v) is 4.76. The molecule has 1 aromatic rings. The number of hydrogen-bond acceptors (Lipinski definition) is 2. The number of unbranched alkanes of at least 4 members (excludes halogenated alkanes) is 2. The van der Waals surface area contributed by atoms with Gasteiger partial charge in [-0.1, -0.05) is 22.4 Å². The van der Waals surface area contributed by atoms with Crippen molar-refractivity contribution in [3.63, 3.8) is 0 Å². The summed E-state index contributed by atoms with van der Waals surface area (Å²) < 4.78 is 5.33. The maximum atomic E-state index is 11.8. The van der Waals surface area contributed by atoms with Crippen molar-refractivity contribution in [3.05, 3.63) is 29.8 Å². The van der Waals surface area contributed by atoms with E-state index >= 15 is 0 Å². The Morgan fingerprint density at radius 3 is 2.56 bits per heavy atom. The molecule has 18 heavy (non-hydrogen) atoms. The van der Waals surface area contributed by atoms with E-state index in [0.717, 1.165) is 36.9 Å². The monoisotopic (exact) mass is 313 g/mol. The second-order valence-electron chi connectivity index (χ2n) is 3.96. The molecule has 0 aromatic heterocycles. The molecule has 0 aliphatic carbocycles. The van der Waals surface area contributed by atoms with Gasteiger partial charge in [0.2, 0.25) is 0 Å². The van der Waals surface area contributed by atoms with Crippen molar-refractivity contribution >= 4 is 21.8 Å². The zero-order chi connectivity index (χ0) is 13.2. The van der Waals surface area contributed by atoms with Gasteiger partial charge in [-0.2, -0.15) is 0 Å². The van der Waals surface area contributed by atoms with Crippen LogP contribution in [-0.2, 0) is 0 Å². The largest absolute Gasteiger partial charge is 0.494 e. The smallest absolute Gasteiger partial charge is 0.251 e. The van der Waals surface area contributed by atoms with Crippen molar-refractivity contribution in [2.24, 2.45) is 0 Å². The molecule has 100 valence electrons. The summed E-state index contributed by atoms with van der Waals surface area (Å²) in [4.78, 5) is 11.8. The average molecular weight is 314 g/mol. The summed E-state index contributed by atoms with van der Waals surface area (Å²) in [7, 11) is 0. The molecule has 0 saturated heterocycles. The zero-order valence-corrected chi connectivity index (χ0v) is 12.3. The van der Waals surface area contributed by atoms with Gasteiger partial charge >= 0.3 is 0 Å². The fraction of sp³-hybridized carbons (Fsp3) is 0.500. The highest BCUT2D eigenvalue weighted by Gasteiger charge is 2.04. The first-order valence-corrected chi connectivity index (χ1v) is 7.47. The third-order valence-electron chi connectivity index (χ3n) is 2.52. The molecule has 1 amide bonds. The molecule has 0 aliphatic rings. The Hall–Kier alpha value is -1.03. The molecule has 0 atom stereocenters. The number of halogens is 1. The first-order valence-electron chi connectivity index (χ1n) is 6.35. The Balaban J connectivity index is 2.32. The van der Waals surface area contributed by atoms with Crippen LogP contribution in [0, 0.1) is 0 Å². The Labute approximate surface area is 117 Å². The summed E-state index contributed by atoms with van der Waals surface area (Å²) in [5.74, 6) is 0.781. The number of amides is 1. The lowest BCUT2D eigenvalue weighted by atomic mass is 10.2. The van der Waals surface area contributed by atoms with Crippen molar-refractivity contribution < 1.29 is 9.53 Å². The van der Waals surface area contributed by atoms with Crippen LogP contribution in [0.4, 0.5) is 0 Å². The first kappa shape index (κ1) is 15.0. The summed E-state index contributed by atoms with van der Waals surface area (Å²) in [6, 6.07) is 7.23. The fourth-order valence-electron chi connectivity index (χ4n) is 1.57. The van der Waals surface area contributed by atoms with Gasteiger partial charge in [-0.05, 0) is 44.0 Å². The van der Waals surface area contributed by atoms with E-state index in [1.807, 2.05) is 19.1 Å². The van der Waals surface area contributed by atoms with Crippen LogP contribution in [-0.4, -0.2) is 24.4 Å². The van der Waals surface area contributed by atoms with Gasteiger partial charge in [0.15, 0.2) is 0 Å². The molecular weight excluding hydrogens is 294 g/mol. The molecule has 0 spiro atoms. The average Bonchev–Trinajstić information content (AvgIpc) is 2.39. The summed E-state index contributed by atoms with van der Waals surface area (Å²) in [5.41, 5.74) is 0.680. The normalized spacial score (nSPS) is 10.1. The van der Waals surface area contributed by atoms with E-state index in [-0.39, 0.29) is 5.91 Å². The lowest BCUT2D eigenvalue weighted by Crippen LogP contribution is -2.24. The number of ether oxygens (including phenoxy) is 1. The van der Waals surface area contributed by atoms with Crippen LogP contribution >= 0.6 is 15.9 Å². The fourth-order valence-corrected chi connectivity index (χ4v) is 1.97. The Morgan fingerprint density at radius 1 is 1.22 bits per heavy atom. The van der Waals surface area contributed by atoms with Gasteiger partial charge in [0.25, 0.3) is 5.91 Å². The van der Waals surface area contributed by atoms with E-state index in [4.69, 9.17) is 4.74 Å². The van der Waals surface area contributed by atoms with Crippen molar-refractivity contribution in [2.45, 2.75) is 26.2 Å². The quantitative estimate of drug-likeness (QED) is 0.590. The molecule has 0 fully saturated rings. The highest BCUT2D eigenvalue weighted by atomic mass is 79.9. The lowest BCUT2D eigenvalue weighted by Gasteiger charge is -2.06. The van der Waals surface area contributed by atoms with E-state index in [2.05, 4.69) is 21.2 Å². The van der Waals surface area contributed by atoms with Gasteiger partial charge in [0.05, 0.1) is 6.61 Å². The number of rotatable bonds is 8. The number of carbonyl (C=O) groups is 1. The molecule has 3 nitrogen and oxygen atoms in total. The highest BCUT2D eigenvalue weighted by molar-refractivity contribution is 9.09. The number of nitrogens with one attached hydrogen (secondary N) is 1. The SMILES string of the molecule is CCOc1ccc(C(=O)NCCCCCBr)cc1. The molecule has 1 N–H and O–H groups in total. The van der Waals surface area contributed by atoms with Crippen molar-refractivity contribution in [3.8, 4) is 5.75 Å². The number of benzene rings is 1. The van der Waals surface area contributed by atoms with Gasteiger partial charge in [-0.3, -0.25) is 4.79 Å². The van der Waals surface area contributed by atoms with Crippen LogP contribution in [0.15, 0.2) is 24.3 Å². The Kier molecular flexibility index (Phi) is 7.49. The maximum Gasteiger partial charge on any atom is 0.251 e. The minimum atomic E-state index is -0.0168. The third-order valence-corrected chi connectivity index (χ3v) is 3.08. The minimum absolute atomic E-state index is 0.0168. The number of alkyl halides is 1. The highest BCUT2D eigenvalue weighted by Crippen LogP contribution is 2.11. The molecular formula is C14H20BrNO2. The second kappa shape index (κ2) is 8.97.